The third kappa shape index (κ3) is 4.57. The van der Waals surface area contributed by atoms with Crippen molar-refractivity contribution in [2.75, 3.05) is 0 Å². The van der Waals surface area contributed by atoms with Crippen LogP contribution in [0.2, 0.25) is 0 Å². The second-order valence-corrected chi connectivity index (χ2v) is 5.59. The van der Waals surface area contributed by atoms with E-state index in [4.69, 9.17) is 0 Å². The Hall–Kier alpha value is 0. The summed E-state index contributed by atoms with van der Waals surface area (Å²) in [7, 11) is 0. The Labute approximate surface area is 96.8 Å². The first-order valence-corrected chi connectivity index (χ1v) is 6.95. The molecule has 0 aliphatic heterocycles. The molecule has 0 atom stereocenters. The molecule has 0 saturated heterocycles. The van der Waals surface area contributed by atoms with Crippen LogP contribution in [0.5, 0.6) is 0 Å². The molecular weight excluding hydrogens is 180 g/mol. The van der Waals surface area contributed by atoms with Crippen molar-refractivity contribution in [3.05, 3.63) is 0 Å². The summed E-state index contributed by atoms with van der Waals surface area (Å²) in [4.78, 5) is 0. The van der Waals surface area contributed by atoms with Crippen LogP contribution >= 0.6 is 0 Å². The minimum Gasteiger partial charge on any atom is -0.0776 e. The van der Waals surface area contributed by atoms with E-state index in [1.54, 1.807) is 38.5 Å². The Balaban J connectivity index is 0.00000112. The molecule has 2 rings (SSSR count). The Morgan fingerprint density at radius 3 is 1.20 bits per heavy atom. The molecule has 0 N–H and O–H groups in total. The van der Waals surface area contributed by atoms with Crippen molar-refractivity contribution in [3.63, 3.8) is 0 Å². The standard InChI is InChI=1S/C14H26.CH4/c1-3-7-13(8-4-1)11-12-14-9-5-2-6-10-14;/h13-14H,1-12H2;1H4. The van der Waals surface area contributed by atoms with Crippen molar-refractivity contribution in [2.24, 2.45) is 11.8 Å². The highest BCUT2D eigenvalue weighted by molar-refractivity contribution is 4.70. The number of hydrogen-bond acceptors (Lipinski definition) is 0. The summed E-state index contributed by atoms with van der Waals surface area (Å²) in [6.45, 7) is 0. The molecule has 2 saturated carbocycles. The smallest absolute Gasteiger partial charge is 0.0414 e. The first-order chi connectivity index (χ1) is 6.95. The Kier molecular flexibility index (Phi) is 6.36. The Morgan fingerprint density at radius 2 is 0.867 bits per heavy atom. The van der Waals surface area contributed by atoms with Gasteiger partial charge in [0.15, 0.2) is 0 Å². The van der Waals surface area contributed by atoms with E-state index in [1.807, 2.05) is 0 Å². The molecule has 0 amide bonds. The van der Waals surface area contributed by atoms with Crippen molar-refractivity contribution in [1.82, 2.24) is 0 Å². The van der Waals surface area contributed by atoms with Gasteiger partial charge >= 0.3 is 0 Å². The van der Waals surface area contributed by atoms with Crippen LogP contribution in [0, 0.1) is 11.8 Å². The summed E-state index contributed by atoms with van der Waals surface area (Å²) in [5.74, 6) is 2.23. The van der Waals surface area contributed by atoms with E-state index in [2.05, 4.69) is 0 Å². The van der Waals surface area contributed by atoms with E-state index in [9.17, 15) is 0 Å². The predicted octanol–water partition coefficient (Wildman–Crippen LogP) is 5.56. The van der Waals surface area contributed by atoms with Crippen LogP contribution in [0.3, 0.4) is 0 Å². The zero-order valence-electron chi connectivity index (χ0n) is 9.64. The van der Waals surface area contributed by atoms with Crippen LogP contribution < -0.4 is 0 Å². The summed E-state index contributed by atoms with van der Waals surface area (Å²) in [5, 5.41) is 0. The summed E-state index contributed by atoms with van der Waals surface area (Å²) in [5.41, 5.74) is 0. The lowest BCUT2D eigenvalue weighted by atomic mass is 9.80. The highest BCUT2D eigenvalue weighted by atomic mass is 14.2. The van der Waals surface area contributed by atoms with E-state index >= 15 is 0 Å². The van der Waals surface area contributed by atoms with Gasteiger partial charge in [-0.2, -0.15) is 0 Å². The van der Waals surface area contributed by atoms with Crippen LogP contribution in [-0.2, 0) is 0 Å². The van der Waals surface area contributed by atoms with Gasteiger partial charge in [-0.3, -0.25) is 0 Å². The minimum absolute atomic E-state index is 0. The average Bonchev–Trinajstić information content (AvgIpc) is 2.29. The van der Waals surface area contributed by atoms with E-state index in [0.717, 1.165) is 11.8 Å². The lowest BCUT2D eigenvalue weighted by molar-refractivity contribution is 0.273. The van der Waals surface area contributed by atoms with Gasteiger partial charge in [-0.1, -0.05) is 84.5 Å². The summed E-state index contributed by atoms with van der Waals surface area (Å²) in [6.07, 6.45) is 18.4. The maximum Gasteiger partial charge on any atom is -0.0414 e. The van der Waals surface area contributed by atoms with Crippen molar-refractivity contribution >= 4 is 0 Å². The first kappa shape index (κ1) is 13.1. The molecule has 0 heteroatoms. The van der Waals surface area contributed by atoms with Crippen LogP contribution in [0.1, 0.15) is 84.5 Å². The Bertz CT molecular complexity index is 120. The van der Waals surface area contributed by atoms with E-state index in [0.29, 0.717) is 0 Å². The zero-order valence-corrected chi connectivity index (χ0v) is 9.64. The van der Waals surface area contributed by atoms with E-state index < -0.39 is 0 Å². The molecule has 0 heterocycles. The monoisotopic (exact) mass is 210 g/mol. The molecule has 15 heavy (non-hydrogen) atoms. The molecule has 2 fully saturated rings. The molecule has 0 radical (unpaired) electrons. The molecule has 2 aliphatic rings. The third-order valence-corrected chi connectivity index (χ3v) is 4.43. The molecule has 0 bridgehead atoms. The van der Waals surface area contributed by atoms with Gasteiger partial charge in [0.05, 0.1) is 0 Å². The average molecular weight is 210 g/mol. The zero-order chi connectivity index (χ0) is 9.64. The van der Waals surface area contributed by atoms with Gasteiger partial charge in [-0.25, -0.2) is 0 Å². The highest BCUT2D eigenvalue weighted by Gasteiger charge is 2.17. The molecule has 0 aromatic rings. The van der Waals surface area contributed by atoms with Crippen molar-refractivity contribution in [1.29, 1.82) is 0 Å². The maximum atomic E-state index is 1.56. The maximum absolute atomic E-state index is 1.56. The van der Waals surface area contributed by atoms with Crippen LogP contribution in [0.15, 0.2) is 0 Å². The second-order valence-electron chi connectivity index (χ2n) is 5.59. The molecule has 0 nitrogen and oxygen atoms in total. The molecule has 90 valence electrons. The molecule has 0 spiro atoms. The lowest BCUT2D eigenvalue weighted by Crippen LogP contribution is -2.11. The summed E-state index contributed by atoms with van der Waals surface area (Å²) in [6, 6.07) is 0. The van der Waals surface area contributed by atoms with E-state index in [1.165, 1.54) is 38.5 Å². The fourth-order valence-electron chi connectivity index (χ4n) is 3.42. The van der Waals surface area contributed by atoms with Crippen LogP contribution in [-0.4, -0.2) is 0 Å². The fraction of sp³-hybridized carbons (Fsp3) is 1.00. The van der Waals surface area contributed by atoms with Crippen molar-refractivity contribution in [3.8, 4) is 0 Å². The summed E-state index contributed by atoms with van der Waals surface area (Å²) >= 11 is 0. The van der Waals surface area contributed by atoms with Gasteiger partial charge < -0.3 is 0 Å². The van der Waals surface area contributed by atoms with Gasteiger partial charge in [0.2, 0.25) is 0 Å². The molecular formula is C15H30. The quantitative estimate of drug-likeness (QED) is 0.572. The lowest BCUT2D eigenvalue weighted by Gasteiger charge is -2.26. The Morgan fingerprint density at radius 1 is 0.533 bits per heavy atom. The second kappa shape index (κ2) is 7.30. The van der Waals surface area contributed by atoms with E-state index in [-0.39, 0.29) is 7.43 Å². The molecule has 2 aliphatic carbocycles. The molecule has 0 aromatic heterocycles. The first-order valence-electron chi connectivity index (χ1n) is 6.95. The fourth-order valence-corrected chi connectivity index (χ4v) is 3.42. The third-order valence-electron chi connectivity index (χ3n) is 4.43. The molecule has 0 aromatic carbocycles. The minimum atomic E-state index is 0. The van der Waals surface area contributed by atoms with Gasteiger partial charge in [0.1, 0.15) is 0 Å². The van der Waals surface area contributed by atoms with Crippen molar-refractivity contribution < 1.29 is 0 Å². The van der Waals surface area contributed by atoms with Crippen LogP contribution in [0.4, 0.5) is 0 Å². The summed E-state index contributed by atoms with van der Waals surface area (Å²) < 4.78 is 0. The van der Waals surface area contributed by atoms with Gasteiger partial charge in [-0.05, 0) is 11.8 Å². The largest absolute Gasteiger partial charge is 0.0776 e. The molecule has 0 unspecified atom stereocenters. The highest BCUT2D eigenvalue weighted by Crippen LogP contribution is 2.32. The van der Waals surface area contributed by atoms with Gasteiger partial charge in [-0.15, -0.1) is 0 Å². The van der Waals surface area contributed by atoms with Crippen molar-refractivity contribution in [2.45, 2.75) is 84.5 Å². The predicted molar refractivity (Wildman–Crippen MR) is 69.1 cm³/mol. The van der Waals surface area contributed by atoms with Gasteiger partial charge in [0, 0.05) is 0 Å². The normalized spacial score (nSPS) is 24.8. The number of rotatable bonds is 3. The van der Waals surface area contributed by atoms with Gasteiger partial charge in [0.25, 0.3) is 0 Å². The number of hydrogen-bond donors (Lipinski definition) is 0. The van der Waals surface area contributed by atoms with Crippen LogP contribution in [0.25, 0.3) is 0 Å². The SMILES string of the molecule is C.C1CCC(CCC2CCCCC2)CC1. The topological polar surface area (TPSA) is 0 Å².